The lowest BCUT2D eigenvalue weighted by molar-refractivity contribution is -0.125. The van der Waals surface area contributed by atoms with Crippen LogP contribution < -0.4 is 0 Å². The Morgan fingerprint density at radius 1 is 1.44 bits per heavy atom. The summed E-state index contributed by atoms with van der Waals surface area (Å²) in [5, 5.41) is 8.63. The lowest BCUT2D eigenvalue weighted by Gasteiger charge is -2.09. The molecular weight excluding hydrogens is 246 g/mol. The molecule has 0 aromatic heterocycles. The molecule has 18 heavy (non-hydrogen) atoms. The van der Waals surface area contributed by atoms with Gasteiger partial charge in [-0.2, -0.15) is 0 Å². The summed E-state index contributed by atoms with van der Waals surface area (Å²) in [6.07, 6.45) is 0. The third kappa shape index (κ3) is 5.26. The van der Waals surface area contributed by atoms with Crippen LogP contribution in [0.5, 0.6) is 0 Å². The van der Waals surface area contributed by atoms with Crippen molar-refractivity contribution < 1.29 is 9.90 Å². The summed E-state index contributed by atoms with van der Waals surface area (Å²) >= 11 is 1.59. The van der Waals surface area contributed by atoms with Gasteiger partial charge in [-0.05, 0) is 17.7 Å². The minimum Gasteiger partial charge on any atom is -0.384 e. The van der Waals surface area contributed by atoms with E-state index in [2.05, 4.69) is 11.8 Å². The second-order valence-corrected chi connectivity index (χ2v) is 4.93. The van der Waals surface area contributed by atoms with Crippen LogP contribution in [0.25, 0.3) is 0 Å². The fourth-order valence-corrected chi connectivity index (χ4v) is 2.22. The number of benzene rings is 1. The summed E-state index contributed by atoms with van der Waals surface area (Å²) < 4.78 is 0. The molecule has 1 aromatic carbocycles. The molecule has 0 aliphatic carbocycles. The second-order valence-electron chi connectivity index (χ2n) is 3.94. The maximum atomic E-state index is 11.4. The van der Waals surface area contributed by atoms with Gasteiger partial charge < -0.3 is 10.0 Å². The summed E-state index contributed by atoms with van der Waals surface area (Å²) in [4.78, 5) is 13.0. The van der Waals surface area contributed by atoms with Crippen molar-refractivity contribution in [3.8, 4) is 11.8 Å². The average Bonchev–Trinajstić information content (AvgIpc) is 2.36. The molecule has 1 N–H and O–H groups in total. The molecule has 3 nitrogen and oxygen atoms in total. The van der Waals surface area contributed by atoms with Gasteiger partial charge in [-0.3, -0.25) is 4.79 Å². The predicted molar refractivity (Wildman–Crippen MR) is 75.3 cm³/mol. The highest BCUT2D eigenvalue weighted by Gasteiger charge is 2.03. The Kier molecular flexibility index (Phi) is 6.34. The SMILES string of the molecule is CN(C)C(=O)CSCc1cccc(C#CCO)c1. The summed E-state index contributed by atoms with van der Waals surface area (Å²) in [5.41, 5.74) is 2.03. The van der Waals surface area contributed by atoms with Crippen LogP contribution in [-0.2, 0) is 10.5 Å². The lowest BCUT2D eigenvalue weighted by Crippen LogP contribution is -2.23. The van der Waals surface area contributed by atoms with Crippen LogP contribution in [0.1, 0.15) is 11.1 Å². The minimum atomic E-state index is -0.129. The van der Waals surface area contributed by atoms with E-state index in [4.69, 9.17) is 5.11 Å². The fourth-order valence-electron chi connectivity index (χ4n) is 1.27. The predicted octanol–water partition coefficient (Wildman–Crippen LogP) is 1.35. The molecule has 0 atom stereocenters. The Morgan fingerprint density at radius 2 is 2.22 bits per heavy atom. The summed E-state index contributed by atoms with van der Waals surface area (Å²) in [7, 11) is 3.52. The van der Waals surface area contributed by atoms with E-state index in [1.54, 1.807) is 30.8 Å². The first-order valence-electron chi connectivity index (χ1n) is 5.60. The Bertz CT molecular complexity index is 460. The van der Waals surface area contributed by atoms with Gasteiger partial charge >= 0.3 is 0 Å². The Morgan fingerprint density at radius 3 is 2.89 bits per heavy atom. The Hall–Kier alpha value is -1.44. The molecule has 1 aromatic rings. The standard InChI is InChI=1S/C14H17NO2S/c1-15(2)14(17)11-18-10-13-6-3-5-12(9-13)7-4-8-16/h3,5-6,9,16H,8,10-11H2,1-2H3. The van der Waals surface area contributed by atoms with Gasteiger partial charge in [0, 0.05) is 25.4 Å². The van der Waals surface area contributed by atoms with Crippen LogP contribution in [0, 0.1) is 11.8 Å². The van der Waals surface area contributed by atoms with Crippen LogP contribution >= 0.6 is 11.8 Å². The molecule has 1 amide bonds. The van der Waals surface area contributed by atoms with Gasteiger partial charge in [0.1, 0.15) is 6.61 Å². The van der Waals surface area contributed by atoms with Gasteiger partial charge in [0.05, 0.1) is 5.75 Å². The van der Waals surface area contributed by atoms with Gasteiger partial charge in [0.25, 0.3) is 0 Å². The van der Waals surface area contributed by atoms with E-state index in [0.29, 0.717) is 5.75 Å². The molecule has 0 radical (unpaired) electrons. The summed E-state index contributed by atoms with van der Waals surface area (Å²) in [5.74, 6) is 6.88. The first kappa shape index (κ1) is 14.6. The monoisotopic (exact) mass is 263 g/mol. The quantitative estimate of drug-likeness (QED) is 0.834. The third-order valence-electron chi connectivity index (χ3n) is 2.23. The van der Waals surface area contributed by atoms with Crippen molar-refractivity contribution >= 4 is 17.7 Å². The zero-order valence-electron chi connectivity index (χ0n) is 10.6. The molecule has 0 fully saturated rings. The Labute approximate surface area is 112 Å². The molecular formula is C14H17NO2S. The number of hydrogen-bond donors (Lipinski definition) is 1. The number of thioether (sulfide) groups is 1. The van der Waals surface area contributed by atoms with Crippen molar-refractivity contribution in [3.63, 3.8) is 0 Å². The van der Waals surface area contributed by atoms with E-state index >= 15 is 0 Å². The van der Waals surface area contributed by atoms with Crippen LogP contribution in [0.2, 0.25) is 0 Å². The van der Waals surface area contributed by atoms with Crippen molar-refractivity contribution in [2.75, 3.05) is 26.5 Å². The highest BCUT2D eigenvalue weighted by molar-refractivity contribution is 7.99. The lowest BCUT2D eigenvalue weighted by atomic mass is 10.1. The molecule has 0 spiro atoms. The van der Waals surface area contributed by atoms with E-state index in [-0.39, 0.29) is 12.5 Å². The zero-order chi connectivity index (χ0) is 13.4. The van der Waals surface area contributed by atoms with Gasteiger partial charge in [-0.25, -0.2) is 0 Å². The third-order valence-corrected chi connectivity index (χ3v) is 3.22. The molecule has 96 valence electrons. The fraction of sp³-hybridized carbons (Fsp3) is 0.357. The van der Waals surface area contributed by atoms with Gasteiger partial charge in [0.15, 0.2) is 0 Å². The molecule has 0 aliphatic rings. The summed E-state index contributed by atoms with van der Waals surface area (Å²) in [6.45, 7) is -0.129. The topological polar surface area (TPSA) is 40.5 Å². The molecule has 0 saturated heterocycles. The van der Waals surface area contributed by atoms with Gasteiger partial charge in [0.2, 0.25) is 5.91 Å². The normalized spacial score (nSPS) is 9.50. The molecule has 0 aliphatic heterocycles. The average molecular weight is 263 g/mol. The molecule has 4 heteroatoms. The molecule has 0 bridgehead atoms. The van der Waals surface area contributed by atoms with E-state index in [0.717, 1.165) is 16.9 Å². The van der Waals surface area contributed by atoms with Crippen molar-refractivity contribution in [3.05, 3.63) is 35.4 Å². The van der Waals surface area contributed by atoms with Crippen molar-refractivity contribution in [1.82, 2.24) is 4.90 Å². The molecule has 1 rings (SSSR count). The number of nitrogens with zero attached hydrogens (tertiary/aromatic N) is 1. The number of carbonyl (C=O) groups excluding carboxylic acids is 1. The number of aliphatic hydroxyl groups excluding tert-OH is 1. The van der Waals surface area contributed by atoms with Crippen LogP contribution in [0.15, 0.2) is 24.3 Å². The number of amides is 1. The first-order valence-corrected chi connectivity index (χ1v) is 6.75. The van der Waals surface area contributed by atoms with Gasteiger partial charge in [-0.15, -0.1) is 11.8 Å². The molecule has 0 heterocycles. The van der Waals surface area contributed by atoms with E-state index in [1.165, 1.54) is 0 Å². The van der Waals surface area contributed by atoms with Crippen LogP contribution in [0.3, 0.4) is 0 Å². The molecule has 0 unspecified atom stereocenters. The van der Waals surface area contributed by atoms with E-state index < -0.39 is 0 Å². The first-order chi connectivity index (χ1) is 8.63. The highest BCUT2D eigenvalue weighted by Crippen LogP contribution is 2.13. The zero-order valence-corrected chi connectivity index (χ0v) is 11.5. The van der Waals surface area contributed by atoms with Crippen molar-refractivity contribution in [2.24, 2.45) is 0 Å². The van der Waals surface area contributed by atoms with E-state index in [9.17, 15) is 4.79 Å². The smallest absolute Gasteiger partial charge is 0.232 e. The number of rotatable bonds is 4. The van der Waals surface area contributed by atoms with Crippen molar-refractivity contribution in [1.29, 1.82) is 0 Å². The largest absolute Gasteiger partial charge is 0.384 e. The molecule has 0 saturated carbocycles. The minimum absolute atomic E-state index is 0.122. The van der Waals surface area contributed by atoms with Gasteiger partial charge in [-0.1, -0.05) is 24.0 Å². The maximum Gasteiger partial charge on any atom is 0.232 e. The van der Waals surface area contributed by atoms with E-state index in [1.807, 2.05) is 24.3 Å². The Balaban J connectivity index is 2.50. The van der Waals surface area contributed by atoms with Crippen LogP contribution in [-0.4, -0.2) is 42.4 Å². The highest BCUT2D eigenvalue weighted by atomic mass is 32.2. The van der Waals surface area contributed by atoms with Crippen LogP contribution in [0.4, 0.5) is 0 Å². The summed E-state index contributed by atoms with van der Waals surface area (Å²) in [6, 6.07) is 7.83. The number of carbonyl (C=O) groups is 1. The van der Waals surface area contributed by atoms with Crippen molar-refractivity contribution in [2.45, 2.75) is 5.75 Å². The number of hydrogen-bond acceptors (Lipinski definition) is 3. The maximum absolute atomic E-state index is 11.4. The number of aliphatic hydroxyl groups is 1. The second kappa shape index (κ2) is 7.80.